The number of benzene rings is 1. The molecule has 3 nitrogen and oxygen atoms in total. The van der Waals surface area contributed by atoms with E-state index in [1.165, 1.54) is 12.1 Å². The molecule has 92 valence electrons. The van der Waals surface area contributed by atoms with E-state index in [0.29, 0.717) is 12.8 Å². The van der Waals surface area contributed by atoms with Crippen molar-refractivity contribution in [2.45, 2.75) is 25.0 Å². The van der Waals surface area contributed by atoms with Gasteiger partial charge in [0.25, 0.3) is 5.91 Å². The maximum Gasteiger partial charge on any atom is 0.254 e. The van der Waals surface area contributed by atoms with Gasteiger partial charge in [-0.3, -0.25) is 4.79 Å². The molecule has 5 heteroatoms. The smallest absolute Gasteiger partial charge is 0.254 e. The van der Waals surface area contributed by atoms with Gasteiger partial charge in [0.15, 0.2) is 11.6 Å². The van der Waals surface area contributed by atoms with Gasteiger partial charge in [-0.1, -0.05) is 6.07 Å². The number of hydrogen-bond donors (Lipinski definition) is 1. The van der Waals surface area contributed by atoms with Crippen molar-refractivity contribution in [1.82, 2.24) is 5.32 Å². The highest BCUT2D eigenvalue weighted by molar-refractivity contribution is 5.94. The van der Waals surface area contributed by atoms with Gasteiger partial charge in [0.2, 0.25) is 0 Å². The second-order valence-electron chi connectivity index (χ2n) is 4.10. The molecule has 17 heavy (non-hydrogen) atoms. The van der Waals surface area contributed by atoms with Crippen LogP contribution in [0.15, 0.2) is 18.2 Å². The zero-order chi connectivity index (χ0) is 12.4. The van der Waals surface area contributed by atoms with Crippen LogP contribution >= 0.6 is 0 Å². The van der Waals surface area contributed by atoms with Crippen LogP contribution in [0.5, 0.6) is 0 Å². The van der Waals surface area contributed by atoms with Crippen LogP contribution in [-0.2, 0) is 4.74 Å². The fourth-order valence-corrected chi connectivity index (χ4v) is 1.82. The zero-order valence-electron chi connectivity index (χ0n) is 9.37. The van der Waals surface area contributed by atoms with Gasteiger partial charge in [-0.2, -0.15) is 0 Å². The molecule has 0 unspecified atom stereocenters. The van der Waals surface area contributed by atoms with Gasteiger partial charge in [-0.25, -0.2) is 8.78 Å². The lowest BCUT2D eigenvalue weighted by Crippen LogP contribution is -2.47. The molecule has 0 heterocycles. The van der Waals surface area contributed by atoms with Gasteiger partial charge < -0.3 is 10.1 Å². The fraction of sp³-hybridized carbons (Fsp3) is 0.417. The van der Waals surface area contributed by atoms with E-state index in [-0.39, 0.29) is 17.7 Å². The average molecular weight is 241 g/mol. The van der Waals surface area contributed by atoms with Crippen LogP contribution in [0.3, 0.4) is 0 Å². The third kappa shape index (κ3) is 2.44. The van der Waals surface area contributed by atoms with Crippen molar-refractivity contribution < 1.29 is 18.3 Å². The van der Waals surface area contributed by atoms with Crippen LogP contribution in [0.1, 0.15) is 23.2 Å². The Morgan fingerprint density at radius 3 is 2.76 bits per heavy atom. The number of carbonyl (C=O) groups is 1. The Bertz CT molecular complexity index is 431. The molecule has 2 rings (SSSR count). The van der Waals surface area contributed by atoms with Crippen molar-refractivity contribution in [2.24, 2.45) is 0 Å². The topological polar surface area (TPSA) is 38.3 Å². The van der Waals surface area contributed by atoms with Crippen molar-refractivity contribution in [3.8, 4) is 0 Å². The number of methoxy groups -OCH3 is 1. The molecule has 0 bridgehead atoms. The lowest BCUT2D eigenvalue weighted by Gasteiger charge is -2.34. The predicted molar refractivity (Wildman–Crippen MR) is 57.6 cm³/mol. The molecule has 1 fully saturated rings. The molecule has 0 aromatic heterocycles. The van der Waals surface area contributed by atoms with E-state index in [1.54, 1.807) is 7.11 Å². The Balaban J connectivity index is 1.99. The molecular formula is C12H13F2NO2. The first-order valence-electron chi connectivity index (χ1n) is 5.39. The van der Waals surface area contributed by atoms with E-state index >= 15 is 0 Å². The molecule has 1 saturated carbocycles. The number of carbonyl (C=O) groups excluding carboxylic acids is 1. The number of ether oxygens (including phenoxy) is 1. The maximum absolute atomic E-state index is 13.3. The van der Waals surface area contributed by atoms with Gasteiger partial charge in [0.1, 0.15) is 0 Å². The summed E-state index contributed by atoms with van der Waals surface area (Å²) >= 11 is 0. The van der Waals surface area contributed by atoms with E-state index in [2.05, 4.69) is 5.32 Å². The molecule has 1 aliphatic carbocycles. The monoisotopic (exact) mass is 241 g/mol. The Morgan fingerprint density at radius 2 is 2.12 bits per heavy atom. The molecule has 0 saturated heterocycles. The number of nitrogens with one attached hydrogen (secondary N) is 1. The molecule has 0 aliphatic heterocycles. The lowest BCUT2D eigenvalue weighted by atomic mass is 9.89. The summed E-state index contributed by atoms with van der Waals surface area (Å²) in [5, 5.41) is 2.64. The van der Waals surface area contributed by atoms with E-state index in [0.717, 1.165) is 6.07 Å². The van der Waals surface area contributed by atoms with Crippen molar-refractivity contribution in [1.29, 1.82) is 0 Å². The van der Waals surface area contributed by atoms with Crippen LogP contribution in [0.2, 0.25) is 0 Å². The number of halogens is 2. The maximum atomic E-state index is 13.3. The standard InChI is InChI=1S/C12H13F2NO2/c1-17-8-5-7(6-8)15-12(16)9-3-2-4-10(13)11(9)14/h2-4,7-8H,5-6H2,1H3,(H,15,16). The van der Waals surface area contributed by atoms with Crippen LogP contribution < -0.4 is 5.32 Å². The molecule has 0 radical (unpaired) electrons. The van der Waals surface area contributed by atoms with Crippen molar-refractivity contribution in [2.75, 3.05) is 7.11 Å². The number of amides is 1. The molecule has 1 aliphatic rings. The van der Waals surface area contributed by atoms with Crippen molar-refractivity contribution in [3.63, 3.8) is 0 Å². The molecule has 1 aromatic rings. The quantitative estimate of drug-likeness (QED) is 0.877. The third-order valence-electron chi connectivity index (χ3n) is 2.96. The Kier molecular flexibility index (Phi) is 3.38. The first kappa shape index (κ1) is 12.0. The molecule has 0 atom stereocenters. The van der Waals surface area contributed by atoms with Crippen LogP contribution in [0.25, 0.3) is 0 Å². The number of rotatable bonds is 3. The second-order valence-corrected chi connectivity index (χ2v) is 4.10. The van der Waals surface area contributed by atoms with Crippen molar-refractivity contribution >= 4 is 5.91 Å². The average Bonchev–Trinajstić information content (AvgIpc) is 2.26. The predicted octanol–water partition coefficient (Wildman–Crippen LogP) is 1.87. The first-order valence-corrected chi connectivity index (χ1v) is 5.39. The minimum absolute atomic E-state index is 0.0184. The zero-order valence-corrected chi connectivity index (χ0v) is 9.37. The van der Waals surface area contributed by atoms with Crippen molar-refractivity contribution in [3.05, 3.63) is 35.4 Å². The van der Waals surface area contributed by atoms with Gasteiger partial charge in [0.05, 0.1) is 11.7 Å². The summed E-state index contributed by atoms with van der Waals surface area (Å²) in [4.78, 5) is 11.7. The highest BCUT2D eigenvalue weighted by Gasteiger charge is 2.31. The fourth-order valence-electron chi connectivity index (χ4n) is 1.82. The summed E-state index contributed by atoms with van der Waals surface area (Å²) in [6.07, 6.45) is 1.57. The summed E-state index contributed by atoms with van der Waals surface area (Å²) in [7, 11) is 1.61. The Morgan fingerprint density at radius 1 is 1.41 bits per heavy atom. The minimum Gasteiger partial charge on any atom is -0.381 e. The van der Waals surface area contributed by atoms with E-state index in [9.17, 15) is 13.6 Å². The van der Waals surface area contributed by atoms with E-state index in [1.807, 2.05) is 0 Å². The summed E-state index contributed by atoms with van der Waals surface area (Å²) in [6.45, 7) is 0. The van der Waals surface area contributed by atoms with E-state index in [4.69, 9.17) is 4.74 Å². The summed E-state index contributed by atoms with van der Waals surface area (Å²) in [6, 6.07) is 3.54. The molecular weight excluding hydrogens is 228 g/mol. The van der Waals surface area contributed by atoms with Gasteiger partial charge >= 0.3 is 0 Å². The minimum atomic E-state index is -1.10. The summed E-state index contributed by atoms with van der Waals surface area (Å²) < 4.78 is 31.3. The van der Waals surface area contributed by atoms with E-state index < -0.39 is 17.5 Å². The normalized spacial score (nSPS) is 23.0. The van der Waals surface area contributed by atoms with Crippen LogP contribution in [0.4, 0.5) is 8.78 Å². The summed E-state index contributed by atoms with van der Waals surface area (Å²) in [5.41, 5.74) is -0.258. The largest absolute Gasteiger partial charge is 0.381 e. The first-order chi connectivity index (χ1) is 8.11. The molecule has 1 N–H and O–H groups in total. The Labute approximate surface area is 97.8 Å². The van der Waals surface area contributed by atoms with Gasteiger partial charge in [0, 0.05) is 13.2 Å². The highest BCUT2D eigenvalue weighted by atomic mass is 19.2. The second kappa shape index (κ2) is 4.79. The highest BCUT2D eigenvalue weighted by Crippen LogP contribution is 2.23. The van der Waals surface area contributed by atoms with Crippen LogP contribution in [0, 0.1) is 11.6 Å². The molecule has 1 amide bonds. The summed E-state index contributed by atoms with van der Waals surface area (Å²) in [5.74, 6) is -2.70. The molecule has 0 spiro atoms. The van der Waals surface area contributed by atoms with Gasteiger partial charge in [-0.15, -0.1) is 0 Å². The lowest BCUT2D eigenvalue weighted by molar-refractivity contribution is 0.0175. The molecule has 1 aromatic carbocycles. The number of hydrogen-bond acceptors (Lipinski definition) is 2. The SMILES string of the molecule is COC1CC(NC(=O)c2cccc(F)c2F)C1. The third-order valence-corrected chi connectivity index (χ3v) is 2.96. The van der Waals surface area contributed by atoms with Crippen LogP contribution in [-0.4, -0.2) is 25.2 Å². The van der Waals surface area contributed by atoms with Gasteiger partial charge in [-0.05, 0) is 25.0 Å². The Hall–Kier alpha value is -1.49.